The Hall–Kier alpha value is -1.80. The van der Waals surface area contributed by atoms with Crippen molar-refractivity contribution in [1.82, 2.24) is 20.2 Å². The second-order valence-corrected chi connectivity index (χ2v) is 7.24. The number of aromatic nitrogens is 4. The molecule has 0 N–H and O–H groups in total. The first-order chi connectivity index (χ1) is 10.1. The lowest BCUT2D eigenvalue weighted by molar-refractivity contribution is -0.0383. The van der Waals surface area contributed by atoms with Gasteiger partial charge in [-0.25, -0.2) is 0 Å². The molecule has 2 aromatic rings. The second-order valence-electron chi connectivity index (χ2n) is 6.16. The fraction of sp³-hybridized carbons (Fsp3) is 0.538. The number of aliphatic imine (C=N–C) groups is 1. The molecule has 0 fully saturated rings. The van der Waals surface area contributed by atoms with Crippen LogP contribution in [0.15, 0.2) is 4.99 Å². The smallest absolute Gasteiger partial charge is 0.256 e. The zero-order chi connectivity index (χ0) is 14.2. The summed E-state index contributed by atoms with van der Waals surface area (Å²) in [5, 5.41) is 13.2. The molecule has 0 aliphatic carbocycles. The van der Waals surface area contributed by atoms with Crippen molar-refractivity contribution in [3.63, 3.8) is 0 Å². The number of tetrazole rings is 1. The van der Waals surface area contributed by atoms with Gasteiger partial charge >= 0.3 is 0 Å². The highest BCUT2D eigenvalue weighted by Crippen LogP contribution is 2.43. The fourth-order valence-electron chi connectivity index (χ4n) is 3.26. The number of thiophene rings is 1. The fourth-order valence-corrected chi connectivity index (χ4v) is 4.43. The van der Waals surface area contributed by atoms with Crippen LogP contribution in [0.3, 0.4) is 0 Å². The summed E-state index contributed by atoms with van der Waals surface area (Å²) in [4.78, 5) is 8.10. The molecular weight excluding hydrogens is 288 g/mol. The summed E-state index contributed by atoms with van der Waals surface area (Å²) in [7, 11) is 0. The monoisotopic (exact) mass is 302 g/mol. The molecule has 3 aliphatic heterocycles. The minimum Gasteiger partial charge on any atom is -0.370 e. The van der Waals surface area contributed by atoms with Gasteiger partial charge in [0.15, 0.2) is 0 Å². The first kappa shape index (κ1) is 11.8. The van der Waals surface area contributed by atoms with E-state index < -0.39 is 0 Å². The number of amidine groups is 1. The quantitative estimate of drug-likeness (QED) is 0.730. The van der Waals surface area contributed by atoms with E-state index in [0.29, 0.717) is 6.61 Å². The van der Waals surface area contributed by atoms with Crippen LogP contribution in [0.25, 0.3) is 5.00 Å². The molecule has 8 heteroatoms. The maximum absolute atomic E-state index is 5.95. The summed E-state index contributed by atoms with van der Waals surface area (Å²) in [6, 6.07) is 0. The lowest BCUT2D eigenvalue weighted by Gasteiger charge is -2.31. The van der Waals surface area contributed by atoms with Crippen LogP contribution in [0, 0.1) is 0 Å². The zero-order valence-corrected chi connectivity index (χ0v) is 12.6. The zero-order valence-electron chi connectivity index (χ0n) is 11.8. The molecule has 21 heavy (non-hydrogen) atoms. The molecule has 0 spiro atoms. The largest absolute Gasteiger partial charge is 0.370 e. The van der Waals surface area contributed by atoms with E-state index in [1.165, 1.54) is 16.0 Å². The van der Waals surface area contributed by atoms with Gasteiger partial charge < -0.3 is 4.74 Å². The van der Waals surface area contributed by atoms with Gasteiger partial charge in [-0.1, -0.05) is 5.10 Å². The van der Waals surface area contributed by atoms with Gasteiger partial charge in [0.1, 0.15) is 10.8 Å². The minimum atomic E-state index is -0.132. The van der Waals surface area contributed by atoms with E-state index in [1.54, 1.807) is 11.3 Å². The van der Waals surface area contributed by atoms with Gasteiger partial charge in [0, 0.05) is 17.8 Å². The lowest BCUT2D eigenvalue weighted by Crippen LogP contribution is -2.37. The van der Waals surface area contributed by atoms with Crippen molar-refractivity contribution in [1.29, 1.82) is 0 Å². The summed E-state index contributed by atoms with van der Waals surface area (Å²) >= 11 is 1.72. The topological polar surface area (TPSA) is 68.4 Å². The number of hydrogen-bond donors (Lipinski definition) is 0. The average Bonchev–Trinajstić information content (AvgIpc) is 3.13. The Kier molecular flexibility index (Phi) is 2.08. The third kappa shape index (κ3) is 1.46. The van der Waals surface area contributed by atoms with Crippen LogP contribution in [-0.2, 0) is 17.8 Å². The molecule has 0 unspecified atom stereocenters. The third-order valence-corrected chi connectivity index (χ3v) is 5.40. The van der Waals surface area contributed by atoms with E-state index in [0.717, 1.165) is 36.3 Å². The first-order valence-electron chi connectivity index (χ1n) is 7.04. The standard InChI is InChI=1S/C13H14N6OS/c1-13(2)5-7-8(6-20-13)21-11-9(7)10-14-3-4-18(10)12-15-16-17-19(11)12/h3-6H2,1-2H3. The molecule has 0 saturated heterocycles. The van der Waals surface area contributed by atoms with Gasteiger partial charge in [-0.2, -0.15) is 4.68 Å². The van der Waals surface area contributed by atoms with Crippen LogP contribution in [0.4, 0.5) is 5.95 Å². The Morgan fingerprint density at radius 1 is 1.33 bits per heavy atom. The Labute approximate surface area is 125 Å². The van der Waals surface area contributed by atoms with Crippen molar-refractivity contribution >= 4 is 23.1 Å². The molecule has 0 saturated carbocycles. The van der Waals surface area contributed by atoms with Crippen molar-refractivity contribution in [2.45, 2.75) is 32.5 Å². The van der Waals surface area contributed by atoms with Crippen molar-refractivity contribution in [2.75, 3.05) is 18.0 Å². The number of nitrogens with zero attached hydrogens (tertiary/aromatic N) is 6. The van der Waals surface area contributed by atoms with Crippen molar-refractivity contribution in [2.24, 2.45) is 4.99 Å². The van der Waals surface area contributed by atoms with Crippen molar-refractivity contribution in [3.8, 4) is 5.00 Å². The number of rotatable bonds is 0. The van der Waals surface area contributed by atoms with Crippen LogP contribution in [0.5, 0.6) is 0 Å². The van der Waals surface area contributed by atoms with Crippen LogP contribution >= 0.6 is 11.3 Å². The van der Waals surface area contributed by atoms with Crippen LogP contribution in [-0.4, -0.2) is 44.7 Å². The third-order valence-electron chi connectivity index (χ3n) is 4.22. The van der Waals surface area contributed by atoms with E-state index in [-0.39, 0.29) is 5.60 Å². The summed E-state index contributed by atoms with van der Waals surface area (Å²) < 4.78 is 7.79. The van der Waals surface area contributed by atoms with Crippen LogP contribution in [0.1, 0.15) is 29.9 Å². The van der Waals surface area contributed by atoms with E-state index in [2.05, 4.69) is 34.3 Å². The number of fused-ring (bicyclic) bond motifs is 8. The van der Waals surface area contributed by atoms with Crippen LogP contribution < -0.4 is 4.90 Å². The van der Waals surface area contributed by atoms with Crippen LogP contribution in [0.2, 0.25) is 0 Å². The average molecular weight is 302 g/mol. The Morgan fingerprint density at radius 3 is 3.14 bits per heavy atom. The number of hydrogen-bond acceptors (Lipinski definition) is 7. The molecule has 0 amide bonds. The summed E-state index contributed by atoms with van der Waals surface area (Å²) in [6.07, 6.45) is 0.901. The Balaban J connectivity index is 1.80. The Bertz CT molecular complexity index is 789. The lowest BCUT2D eigenvalue weighted by atomic mass is 9.92. The van der Waals surface area contributed by atoms with E-state index in [4.69, 9.17) is 9.73 Å². The second kappa shape index (κ2) is 3.69. The normalized spacial score (nSPS) is 21.4. The molecule has 108 valence electrons. The van der Waals surface area contributed by atoms with Gasteiger partial charge in [-0.3, -0.25) is 9.89 Å². The molecule has 0 radical (unpaired) electrons. The molecule has 5 heterocycles. The van der Waals surface area contributed by atoms with Crippen molar-refractivity contribution < 1.29 is 4.74 Å². The SMILES string of the molecule is CC1(C)Cc2c(sc3c2C2=NCCN2c2nnnn2-3)CO1. The highest BCUT2D eigenvalue weighted by molar-refractivity contribution is 7.15. The predicted molar refractivity (Wildman–Crippen MR) is 78.4 cm³/mol. The maximum Gasteiger partial charge on any atom is 0.256 e. The molecule has 7 nitrogen and oxygen atoms in total. The number of ether oxygens (including phenoxy) is 1. The van der Waals surface area contributed by atoms with Gasteiger partial charge in [0.2, 0.25) is 0 Å². The maximum atomic E-state index is 5.95. The van der Waals surface area contributed by atoms with Gasteiger partial charge in [-0.05, 0) is 29.8 Å². The van der Waals surface area contributed by atoms with E-state index in [1.807, 2.05) is 4.68 Å². The molecule has 0 bridgehead atoms. The molecule has 3 aliphatic rings. The molecule has 2 aromatic heterocycles. The van der Waals surface area contributed by atoms with E-state index >= 15 is 0 Å². The Morgan fingerprint density at radius 2 is 2.24 bits per heavy atom. The molecule has 0 aromatic carbocycles. The van der Waals surface area contributed by atoms with Gasteiger partial charge in [0.25, 0.3) is 5.95 Å². The molecular formula is C13H14N6OS. The summed E-state index contributed by atoms with van der Waals surface area (Å²) in [5.74, 6) is 1.81. The number of anilines is 1. The highest BCUT2D eigenvalue weighted by Gasteiger charge is 2.40. The van der Waals surface area contributed by atoms with E-state index in [9.17, 15) is 0 Å². The summed E-state index contributed by atoms with van der Waals surface area (Å²) in [5.41, 5.74) is 2.44. The summed E-state index contributed by atoms with van der Waals surface area (Å²) in [6.45, 7) is 6.58. The first-order valence-corrected chi connectivity index (χ1v) is 7.85. The minimum absolute atomic E-state index is 0.132. The highest BCUT2D eigenvalue weighted by atomic mass is 32.1. The molecule has 0 atom stereocenters. The molecule has 5 rings (SSSR count). The predicted octanol–water partition coefficient (Wildman–Crippen LogP) is 1.16. The van der Waals surface area contributed by atoms with Crippen molar-refractivity contribution in [3.05, 3.63) is 16.0 Å². The van der Waals surface area contributed by atoms with Gasteiger partial charge in [-0.15, -0.1) is 11.3 Å². The van der Waals surface area contributed by atoms with Gasteiger partial charge in [0.05, 0.1) is 24.3 Å².